The van der Waals surface area contributed by atoms with E-state index in [0.717, 1.165) is 29.7 Å². The van der Waals surface area contributed by atoms with Gasteiger partial charge < -0.3 is 10.7 Å². The molecule has 0 aliphatic heterocycles. The zero-order valence-corrected chi connectivity index (χ0v) is 13.0. The molecular formula is C15H21N3O2S. The number of nitrogens with zero attached hydrogens (tertiary/aromatic N) is 1. The fraction of sp³-hybridized carbons (Fsp3) is 0.533. The minimum Gasteiger partial charge on any atom is -0.342 e. The Morgan fingerprint density at radius 3 is 2.81 bits per heavy atom. The molecule has 3 N–H and O–H groups in total. The molecule has 5 nitrogen and oxygen atoms in total. The normalized spacial score (nSPS) is 23.5. The van der Waals surface area contributed by atoms with Gasteiger partial charge in [-0.25, -0.2) is 13.4 Å². The molecule has 1 aromatic carbocycles. The van der Waals surface area contributed by atoms with E-state index >= 15 is 0 Å². The van der Waals surface area contributed by atoms with Crippen LogP contribution in [0.2, 0.25) is 0 Å². The van der Waals surface area contributed by atoms with Crippen LogP contribution in [0, 0.1) is 5.92 Å². The van der Waals surface area contributed by atoms with Crippen LogP contribution in [0.1, 0.15) is 37.4 Å². The van der Waals surface area contributed by atoms with E-state index in [1.165, 1.54) is 19.1 Å². The molecule has 1 fully saturated rings. The van der Waals surface area contributed by atoms with Crippen LogP contribution in [0.3, 0.4) is 0 Å². The van der Waals surface area contributed by atoms with Gasteiger partial charge in [0.2, 0.25) is 0 Å². The van der Waals surface area contributed by atoms with Crippen LogP contribution in [-0.4, -0.2) is 31.2 Å². The molecule has 1 aliphatic carbocycles. The number of imidazole rings is 1. The lowest BCUT2D eigenvalue weighted by molar-refractivity contribution is 0.306. The van der Waals surface area contributed by atoms with Crippen LogP contribution in [0.25, 0.3) is 11.0 Å². The maximum absolute atomic E-state index is 11.6. The third-order valence-corrected chi connectivity index (χ3v) is 5.57. The molecule has 1 saturated carbocycles. The Balaban J connectivity index is 2.00. The van der Waals surface area contributed by atoms with Gasteiger partial charge in [0.15, 0.2) is 9.84 Å². The standard InChI is InChI=1S/C15H21N3O2S/c1-21(19,20)11-6-7-13-14(8-11)18-15(17-13)12-5-3-2-4-10(12)9-16/h6-8,10,12H,2-5,9,16H2,1H3,(H,17,18). The molecule has 1 aliphatic rings. The second-order valence-corrected chi connectivity index (χ2v) is 7.98. The number of sulfone groups is 1. The van der Waals surface area contributed by atoms with Crippen LogP contribution < -0.4 is 5.73 Å². The van der Waals surface area contributed by atoms with Crippen LogP contribution in [-0.2, 0) is 9.84 Å². The first-order valence-corrected chi connectivity index (χ1v) is 9.28. The average molecular weight is 307 g/mol. The summed E-state index contributed by atoms with van der Waals surface area (Å²) in [5.74, 6) is 1.78. The zero-order chi connectivity index (χ0) is 15.0. The Hall–Kier alpha value is -1.40. The van der Waals surface area contributed by atoms with E-state index in [0.29, 0.717) is 23.3 Å². The summed E-state index contributed by atoms with van der Waals surface area (Å²) in [4.78, 5) is 8.29. The number of benzene rings is 1. The highest BCUT2D eigenvalue weighted by atomic mass is 32.2. The van der Waals surface area contributed by atoms with Gasteiger partial charge in [-0.05, 0) is 43.5 Å². The number of rotatable bonds is 3. The van der Waals surface area contributed by atoms with Crippen molar-refractivity contribution in [2.24, 2.45) is 11.7 Å². The summed E-state index contributed by atoms with van der Waals surface area (Å²) in [6, 6.07) is 5.05. The van der Waals surface area contributed by atoms with Crippen molar-refractivity contribution in [2.75, 3.05) is 12.8 Å². The van der Waals surface area contributed by atoms with Crippen molar-refractivity contribution in [1.29, 1.82) is 0 Å². The molecule has 1 heterocycles. The van der Waals surface area contributed by atoms with Crippen molar-refractivity contribution < 1.29 is 8.42 Å². The Morgan fingerprint density at radius 1 is 1.33 bits per heavy atom. The van der Waals surface area contributed by atoms with Gasteiger partial charge in [0.05, 0.1) is 15.9 Å². The monoisotopic (exact) mass is 307 g/mol. The smallest absolute Gasteiger partial charge is 0.175 e. The van der Waals surface area contributed by atoms with Gasteiger partial charge in [-0.2, -0.15) is 0 Å². The second kappa shape index (κ2) is 5.42. The van der Waals surface area contributed by atoms with E-state index in [2.05, 4.69) is 9.97 Å². The minimum atomic E-state index is -3.19. The molecule has 6 heteroatoms. The van der Waals surface area contributed by atoms with Crippen molar-refractivity contribution in [3.63, 3.8) is 0 Å². The first-order valence-electron chi connectivity index (χ1n) is 7.39. The van der Waals surface area contributed by atoms with Gasteiger partial charge in [-0.3, -0.25) is 0 Å². The molecule has 0 saturated heterocycles. The highest BCUT2D eigenvalue weighted by Crippen LogP contribution is 2.36. The zero-order valence-electron chi connectivity index (χ0n) is 12.2. The van der Waals surface area contributed by atoms with Gasteiger partial charge in [-0.1, -0.05) is 12.8 Å². The minimum absolute atomic E-state index is 0.323. The van der Waals surface area contributed by atoms with Crippen LogP contribution in [0.4, 0.5) is 0 Å². The van der Waals surface area contributed by atoms with E-state index in [4.69, 9.17) is 5.73 Å². The Kier molecular flexibility index (Phi) is 3.75. The number of nitrogens with one attached hydrogen (secondary N) is 1. The van der Waals surface area contributed by atoms with E-state index < -0.39 is 9.84 Å². The third kappa shape index (κ3) is 2.82. The molecule has 0 radical (unpaired) electrons. The lowest BCUT2D eigenvalue weighted by Crippen LogP contribution is -2.25. The summed E-state index contributed by atoms with van der Waals surface area (Å²) in [7, 11) is -3.19. The molecule has 2 aromatic rings. The second-order valence-electron chi connectivity index (χ2n) is 5.96. The van der Waals surface area contributed by atoms with Crippen molar-refractivity contribution in [2.45, 2.75) is 36.5 Å². The summed E-state index contributed by atoms with van der Waals surface area (Å²) in [5, 5.41) is 0. The number of hydrogen-bond acceptors (Lipinski definition) is 4. The number of H-pyrrole nitrogens is 1. The van der Waals surface area contributed by atoms with Crippen LogP contribution >= 0.6 is 0 Å². The number of nitrogens with two attached hydrogens (primary N) is 1. The number of aromatic nitrogens is 2. The molecule has 0 spiro atoms. The van der Waals surface area contributed by atoms with Crippen LogP contribution in [0.5, 0.6) is 0 Å². The van der Waals surface area contributed by atoms with Crippen molar-refractivity contribution >= 4 is 20.9 Å². The molecule has 0 amide bonds. The van der Waals surface area contributed by atoms with E-state index in [1.807, 2.05) is 0 Å². The lowest BCUT2D eigenvalue weighted by Gasteiger charge is -2.28. The molecular weight excluding hydrogens is 286 g/mol. The summed E-state index contributed by atoms with van der Waals surface area (Å²) >= 11 is 0. The molecule has 3 rings (SSSR count). The van der Waals surface area contributed by atoms with Gasteiger partial charge in [0.1, 0.15) is 5.82 Å². The molecule has 2 atom stereocenters. The van der Waals surface area contributed by atoms with Gasteiger partial charge in [0.25, 0.3) is 0 Å². The van der Waals surface area contributed by atoms with Crippen LogP contribution in [0.15, 0.2) is 23.1 Å². The quantitative estimate of drug-likeness (QED) is 0.909. The largest absolute Gasteiger partial charge is 0.342 e. The number of hydrogen-bond donors (Lipinski definition) is 2. The average Bonchev–Trinajstić information content (AvgIpc) is 2.89. The predicted molar refractivity (Wildman–Crippen MR) is 83.0 cm³/mol. The summed E-state index contributed by atoms with van der Waals surface area (Å²) in [5.41, 5.74) is 7.49. The molecule has 0 bridgehead atoms. The molecule has 2 unspecified atom stereocenters. The number of aromatic amines is 1. The Morgan fingerprint density at radius 2 is 2.10 bits per heavy atom. The first kappa shape index (κ1) is 14.5. The summed E-state index contributed by atoms with van der Waals surface area (Å²) in [6.45, 7) is 0.677. The third-order valence-electron chi connectivity index (χ3n) is 4.46. The fourth-order valence-corrected chi connectivity index (χ4v) is 3.91. The van der Waals surface area contributed by atoms with Crippen molar-refractivity contribution in [3.05, 3.63) is 24.0 Å². The van der Waals surface area contributed by atoms with E-state index in [1.54, 1.807) is 18.2 Å². The Bertz CT molecular complexity index is 751. The SMILES string of the molecule is CS(=O)(=O)c1ccc2nc(C3CCCCC3CN)[nH]c2c1. The Labute approximate surface area is 124 Å². The molecule has 21 heavy (non-hydrogen) atoms. The molecule has 114 valence electrons. The molecule has 1 aromatic heterocycles. The van der Waals surface area contributed by atoms with Crippen molar-refractivity contribution in [3.8, 4) is 0 Å². The van der Waals surface area contributed by atoms with Gasteiger partial charge in [0, 0.05) is 12.2 Å². The number of fused-ring (bicyclic) bond motifs is 1. The lowest BCUT2D eigenvalue weighted by atomic mass is 9.79. The topological polar surface area (TPSA) is 88.8 Å². The van der Waals surface area contributed by atoms with E-state index in [9.17, 15) is 8.42 Å². The van der Waals surface area contributed by atoms with Gasteiger partial charge >= 0.3 is 0 Å². The van der Waals surface area contributed by atoms with Gasteiger partial charge in [-0.15, -0.1) is 0 Å². The summed E-state index contributed by atoms with van der Waals surface area (Å²) < 4.78 is 23.3. The highest BCUT2D eigenvalue weighted by molar-refractivity contribution is 7.90. The first-order chi connectivity index (χ1) is 9.99. The maximum Gasteiger partial charge on any atom is 0.175 e. The highest BCUT2D eigenvalue weighted by Gasteiger charge is 2.27. The predicted octanol–water partition coefficient (Wildman–Crippen LogP) is 2.20. The fourth-order valence-electron chi connectivity index (χ4n) is 3.26. The van der Waals surface area contributed by atoms with Crippen molar-refractivity contribution in [1.82, 2.24) is 9.97 Å². The van der Waals surface area contributed by atoms with E-state index in [-0.39, 0.29) is 0 Å². The maximum atomic E-state index is 11.6. The summed E-state index contributed by atoms with van der Waals surface area (Å²) in [6.07, 6.45) is 5.90.